The molecule has 5 heteroatoms. The summed E-state index contributed by atoms with van der Waals surface area (Å²) in [5.74, 6) is 1.24. The van der Waals surface area contributed by atoms with Gasteiger partial charge < -0.3 is 4.90 Å². The molecule has 0 N–H and O–H groups in total. The Labute approximate surface area is 141 Å². The molecule has 1 unspecified atom stereocenters. The molecule has 1 saturated carbocycles. The van der Waals surface area contributed by atoms with E-state index in [-0.39, 0.29) is 5.41 Å². The fourth-order valence-corrected chi connectivity index (χ4v) is 5.20. The number of amides is 1. The highest BCUT2D eigenvalue weighted by Gasteiger charge is 2.48. The van der Waals surface area contributed by atoms with Gasteiger partial charge in [0, 0.05) is 31.1 Å². The van der Waals surface area contributed by atoms with Crippen LogP contribution in [0, 0.1) is 11.3 Å². The molecule has 1 spiro atoms. The van der Waals surface area contributed by atoms with Crippen LogP contribution in [0.25, 0.3) is 0 Å². The third-order valence-electron chi connectivity index (χ3n) is 5.44. The summed E-state index contributed by atoms with van der Waals surface area (Å²) >= 11 is 7.68. The van der Waals surface area contributed by atoms with E-state index in [2.05, 4.69) is 15.9 Å². The minimum Gasteiger partial charge on any atom is -0.342 e. The first-order valence-corrected chi connectivity index (χ1v) is 9.60. The molecule has 3 heterocycles. The molecule has 0 aromatic carbocycles. The predicted molar refractivity (Wildman–Crippen MR) is 90.2 cm³/mol. The molecule has 1 aromatic rings. The zero-order chi connectivity index (χ0) is 15.2. The summed E-state index contributed by atoms with van der Waals surface area (Å²) in [4.78, 5) is 18.9. The molecule has 1 atom stereocenters. The number of halogens is 1. The average molecular weight is 339 g/mol. The summed E-state index contributed by atoms with van der Waals surface area (Å²) in [7, 11) is 0. The van der Waals surface area contributed by atoms with E-state index in [1.807, 2.05) is 6.07 Å². The Hall–Kier alpha value is -0.580. The van der Waals surface area contributed by atoms with Crippen LogP contribution in [0.4, 0.5) is 0 Å². The van der Waals surface area contributed by atoms with Gasteiger partial charge in [-0.15, -0.1) is 11.3 Å². The Morgan fingerprint density at radius 3 is 2.86 bits per heavy atom. The normalized spacial score (nSPS) is 29.7. The van der Waals surface area contributed by atoms with Crippen molar-refractivity contribution in [3.8, 4) is 0 Å². The van der Waals surface area contributed by atoms with Crippen LogP contribution in [-0.2, 0) is 11.3 Å². The summed E-state index contributed by atoms with van der Waals surface area (Å²) in [6.07, 6.45) is 5.93. The van der Waals surface area contributed by atoms with Gasteiger partial charge in [-0.2, -0.15) is 0 Å². The summed E-state index contributed by atoms with van der Waals surface area (Å²) in [6, 6.07) is 4.08. The van der Waals surface area contributed by atoms with Gasteiger partial charge in [-0.1, -0.05) is 11.6 Å². The van der Waals surface area contributed by atoms with Crippen molar-refractivity contribution in [3.05, 3.63) is 21.3 Å². The van der Waals surface area contributed by atoms with Crippen LogP contribution in [0.15, 0.2) is 12.1 Å². The summed E-state index contributed by atoms with van der Waals surface area (Å²) in [5.41, 5.74) is -0.0891. The number of hydrogen-bond acceptors (Lipinski definition) is 3. The molecule has 1 aromatic heterocycles. The lowest BCUT2D eigenvalue weighted by atomic mass is 9.78. The molecule has 3 aliphatic rings. The van der Waals surface area contributed by atoms with Crippen LogP contribution in [0.3, 0.4) is 0 Å². The Morgan fingerprint density at radius 1 is 1.27 bits per heavy atom. The molecule has 4 rings (SSSR count). The monoisotopic (exact) mass is 338 g/mol. The van der Waals surface area contributed by atoms with Gasteiger partial charge in [-0.3, -0.25) is 9.69 Å². The second-order valence-corrected chi connectivity index (χ2v) is 9.04. The fourth-order valence-electron chi connectivity index (χ4n) is 4.07. The Kier molecular flexibility index (Phi) is 3.95. The highest BCUT2D eigenvalue weighted by Crippen LogP contribution is 2.42. The summed E-state index contributed by atoms with van der Waals surface area (Å²) in [5, 5.41) is 0. The maximum Gasteiger partial charge on any atom is 0.230 e. The molecule has 0 bridgehead atoms. The van der Waals surface area contributed by atoms with Crippen molar-refractivity contribution in [1.29, 1.82) is 0 Å². The first kappa shape index (κ1) is 15.0. The van der Waals surface area contributed by atoms with E-state index in [1.54, 1.807) is 11.3 Å². The van der Waals surface area contributed by atoms with Crippen LogP contribution < -0.4 is 0 Å². The van der Waals surface area contributed by atoms with Crippen molar-refractivity contribution >= 4 is 28.8 Å². The molecular weight excluding hydrogens is 316 g/mol. The first-order chi connectivity index (χ1) is 10.6. The second kappa shape index (κ2) is 5.81. The summed E-state index contributed by atoms with van der Waals surface area (Å²) < 4.78 is 0.855. The smallest absolute Gasteiger partial charge is 0.230 e. The average Bonchev–Trinajstić information content (AvgIpc) is 3.09. The van der Waals surface area contributed by atoms with Crippen LogP contribution in [-0.4, -0.2) is 41.9 Å². The Bertz CT molecular complexity index is 571. The molecule has 2 aliphatic heterocycles. The van der Waals surface area contributed by atoms with Gasteiger partial charge in [0.1, 0.15) is 0 Å². The minimum absolute atomic E-state index is 0.0891. The second-order valence-electron chi connectivity index (χ2n) is 7.24. The Morgan fingerprint density at radius 2 is 2.14 bits per heavy atom. The molecule has 0 radical (unpaired) electrons. The lowest BCUT2D eigenvalue weighted by molar-refractivity contribution is -0.145. The maximum atomic E-state index is 13.0. The molecule has 3 fully saturated rings. The van der Waals surface area contributed by atoms with E-state index in [4.69, 9.17) is 11.6 Å². The molecule has 22 heavy (non-hydrogen) atoms. The molecule has 1 aliphatic carbocycles. The number of likely N-dealkylation sites (tertiary alicyclic amines) is 2. The van der Waals surface area contributed by atoms with E-state index in [0.717, 1.165) is 55.8 Å². The number of thiophene rings is 1. The predicted octanol–water partition coefficient (Wildman–Crippen LogP) is 3.63. The van der Waals surface area contributed by atoms with Crippen molar-refractivity contribution in [2.45, 2.75) is 38.6 Å². The van der Waals surface area contributed by atoms with Crippen molar-refractivity contribution in [1.82, 2.24) is 9.80 Å². The number of piperidine rings is 1. The number of hydrogen-bond donors (Lipinski definition) is 0. The molecule has 1 amide bonds. The van der Waals surface area contributed by atoms with Crippen molar-refractivity contribution in [3.63, 3.8) is 0 Å². The van der Waals surface area contributed by atoms with Crippen LogP contribution in [0.5, 0.6) is 0 Å². The number of rotatable bonds is 4. The highest BCUT2D eigenvalue weighted by molar-refractivity contribution is 7.16. The molecule has 2 saturated heterocycles. The minimum atomic E-state index is -0.0891. The van der Waals surface area contributed by atoms with Crippen molar-refractivity contribution in [2.24, 2.45) is 11.3 Å². The van der Waals surface area contributed by atoms with Gasteiger partial charge in [0.05, 0.1) is 9.75 Å². The van der Waals surface area contributed by atoms with Crippen LogP contribution in [0.2, 0.25) is 4.34 Å². The van der Waals surface area contributed by atoms with Gasteiger partial charge in [0.15, 0.2) is 0 Å². The molecular formula is C17H23ClN2OS. The van der Waals surface area contributed by atoms with E-state index in [9.17, 15) is 4.79 Å². The molecule has 3 nitrogen and oxygen atoms in total. The lowest BCUT2D eigenvalue weighted by Crippen LogP contribution is -2.50. The zero-order valence-corrected chi connectivity index (χ0v) is 14.5. The SMILES string of the molecule is O=C1N(CC2CC2)CCCC12CCN(Cc1ccc(Cl)s1)C2. The zero-order valence-electron chi connectivity index (χ0n) is 12.9. The highest BCUT2D eigenvalue weighted by atomic mass is 35.5. The van der Waals surface area contributed by atoms with Gasteiger partial charge in [0.25, 0.3) is 0 Å². The number of carbonyl (C=O) groups excluding carboxylic acids is 1. The van der Waals surface area contributed by atoms with E-state index >= 15 is 0 Å². The van der Waals surface area contributed by atoms with Gasteiger partial charge in [0.2, 0.25) is 5.91 Å². The number of nitrogens with zero attached hydrogens (tertiary/aromatic N) is 2. The quantitative estimate of drug-likeness (QED) is 0.837. The molecule has 120 valence electrons. The van der Waals surface area contributed by atoms with Gasteiger partial charge >= 0.3 is 0 Å². The largest absolute Gasteiger partial charge is 0.342 e. The topological polar surface area (TPSA) is 23.6 Å². The van der Waals surface area contributed by atoms with Crippen molar-refractivity contribution in [2.75, 3.05) is 26.2 Å². The third-order valence-corrected chi connectivity index (χ3v) is 6.66. The van der Waals surface area contributed by atoms with E-state index in [1.165, 1.54) is 24.1 Å². The van der Waals surface area contributed by atoms with Gasteiger partial charge in [-0.25, -0.2) is 0 Å². The fraction of sp³-hybridized carbons (Fsp3) is 0.706. The summed E-state index contributed by atoms with van der Waals surface area (Å²) in [6.45, 7) is 4.91. The third kappa shape index (κ3) is 2.93. The van der Waals surface area contributed by atoms with E-state index < -0.39 is 0 Å². The first-order valence-electron chi connectivity index (χ1n) is 8.41. The van der Waals surface area contributed by atoms with Crippen LogP contribution in [0.1, 0.15) is 37.0 Å². The van der Waals surface area contributed by atoms with Crippen LogP contribution >= 0.6 is 22.9 Å². The maximum absolute atomic E-state index is 13.0. The Balaban J connectivity index is 1.41. The number of carbonyl (C=O) groups is 1. The van der Waals surface area contributed by atoms with Gasteiger partial charge in [-0.05, 0) is 56.7 Å². The standard InChI is InChI=1S/C17H23ClN2OS/c18-15-5-4-14(22-15)11-19-9-7-17(12-19)6-1-8-20(16(17)21)10-13-2-3-13/h4-5,13H,1-3,6-12H2. The lowest BCUT2D eigenvalue weighted by Gasteiger charge is -2.39. The van der Waals surface area contributed by atoms with Crippen molar-refractivity contribution < 1.29 is 4.79 Å². The van der Waals surface area contributed by atoms with E-state index in [0.29, 0.717) is 5.91 Å².